The number of nitrogens with zero attached hydrogens (tertiary/aromatic N) is 2. The maximum Gasteiger partial charge on any atom is 0.244 e. The van der Waals surface area contributed by atoms with E-state index in [1.807, 2.05) is 62.1 Å². The molecule has 0 radical (unpaired) electrons. The van der Waals surface area contributed by atoms with E-state index in [-0.39, 0.29) is 29.5 Å². The third-order valence-electron chi connectivity index (χ3n) is 6.70. The lowest BCUT2D eigenvalue weighted by Crippen LogP contribution is -2.64. The molecule has 1 N–H and O–H groups in total. The summed E-state index contributed by atoms with van der Waals surface area (Å²) in [6.07, 6.45) is 1.63. The number of rotatable bonds is 8. The van der Waals surface area contributed by atoms with E-state index in [2.05, 4.69) is 5.32 Å². The molecule has 1 saturated heterocycles. The minimum Gasteiger partial charge on any atom is -0.494 e. The minimum atomic E-state index is -0.685. The number of ether oxygens (including phenoxy) is 1. The monoisotopic (exact) mass is 507 g/mol. The van der Waals surface area contributed by atoms with E-state index in [9.17, 15) is 14.0 Å². The van der Waals surface area contributed by atoms with Gasteiger partial charge >= 0.3 is 0 Å². The molecule has 37 heavy (non-hydrogen) atoms. The summed E-state index contributed by atoms with van der Waals surface area (Å²) in [6.45, 7) is 7.09. The smallest absolute Gasteiger partial charge is 0.244 e. The minimum absolute atomic E-state index is 0.0670. The van der Waals surface area contributed by atoms with Crippen LogP contribution in [0.25, 0.3) is 11.3 Å². The number of methoxy groups -OCH3 is 1. The summed E-state index contributed by atoms with van der Waals surface area (Å²) in [5.74, 6) is 0.0229. The van der Waals surface area contributed by atoms with Gasteiger partial charge in [0.05, 0.1) is 13.4 Å². The molecule has 1 fully saturated rings. The lowest BCUT2D eigenvalue weighted by molar-refractivity contribution is -0.150. The first-order chi connectivity index (χ1) is 17.8. The maximum atomic E-state index is 14.8. The maximum absolute atomic E-state index is 14.8. The predicted octanol–water partition coefficient (Wildman–Crippen LogP) is 4.47. The summed E-state index contributed by atoms with van der Waals surface area (Å²) in [6, 6.07) is 15.7. The standard InChI is InChI=1S/C29H34FN3O4/c1-19(2)29(35)33-20(3)16-32(17-23-7-5-8-26(36-4)27(23)30)18-24(33)28(34)31-15-21-10-12-22(13-11-21)25-9-6-14-37-25/h5-14,19-20,24H,15-18H2,1-4H3,(H,31,34). The Balaban J connectivity index is 1.48. The van der Waals surface area contributed by atoms with Crippen molar-refractivity contribution in [2.24, 2.45) is 5.92 Å². The van der Waals surface area contributed by atoms with E-state index in [1.54, 1.807) is 29.4 Å². The fourth-order valence-electron chi connectivity index (χ4n) is 4.80. The first kappa shape index (κ1) is 26.4. The molecule has 1 aromatic heterocycles. The largest absolute Gasteiger partial charge is 0.494 e. The topological polar surface area (TPSA) is 75.0 Å². The van der Waals surface area contributed by atoms with Gasteiger partial charge in [-0.3, -0.25) is 14.5 Å². The van der Waals surface area contributed by atoms with E-state index in [0.717, 1.165) is 16.9 Å². The van der Waals surface area contributed by atoms with Gasteiger partial charge in [-0.2, -0.15) is 0 Å². The van der Waals surface area contributed by atoms with Gasteiger partial charge in [0.2, 0.25) is 11.8 Å². The molecule has 2 heterocycles. The van der Waals surface area contributed by atoms with E-state index in [0.29, 0.717) is 31.7 Å². The summed E-state index contributed by atoms with van der Waals surface area (Å²) < 4.78 is 25.4. The predicted molar refractivity (Wildman–Crippen MR) is 139 cm³/mol. The van der Waals surface area contributed by atoms with Gasteiger partial charge in [-0.1, -0.05) is 50.2 Å². The Bertz CT molecular complexity index is 1210. The molecule has 0 saturated carbocycles. The Labute approximate surface area is 217 Å². The molecule has 0 aliphatic carbocycles. The first-order valence-electron chi connectivity index (χ1n) is 12.5. The van der Waals surface area contributed by atoms with Crippen LogP contribution in [0.5, 0.6) is 5.75 Å². The van der Waals surface area contributed by atoms with Crippen molar-refractivity contribution < 1.29 is 23.1 Å². The Morgan fingerprint density at radius 1 is 1.11 bits per heavy atom. The van der Waals surface area contributed by atoms with E-state index in [4.69, 9.17) is 9.15 Å². The van der Waals surface area contributed by atoms with Gasteiger partial charge in [0, 0.05) is 49.3 Å². The SMILES string of the molecule is COc1cccc(CN2CC(C)N(C(=O)C(C)C)C(C(=O)NCc3ccc(-c4ccco4)cc3)C2)c1F. The number of amides is 2. The van der Waals surface area contributed by atoms with Gasteiger partial charge in [0.1, 0.15) is 11.8 Å². The number of carbonyl (C=O) groups is 2. The van der Waals surface area contributed by atoms with Gasteiger partial charge in [-0.25, -0.2) is 4.39 Å². The Morgan fingerprint density at radius 2 is 1.86 bits per heavy atom. The molecule has 1 aliphatic heterocycles. The molecule has 7 nitrogen and oxygen atoms in total. The van der Waals surface area contributed by atoms with Crippen molar-refractivity contribution in [3.8, 4) is 17.1 Å². The van der Waals surface area contributed by atoms with Crippen LogP contribution in [-0.2, 0) is 22.7 Å². The van der Waals surface area contributed by atoms with Crippen molar-refractivity contribution in [1.82, 2.24) is 15.1 Å². The Morgan fingerprint density at radius 3 is 2.51 bits per heavy atom. The molecule has 3 aromatic rings. The average molecular weight is 508 g/mol. The Kier molecular flexibility index (Phi) is 8.28. The van der Waals surface area contributed by atoms with Crippen molar-refractivity contribution in [3.63, 3.8) is 0 Å². The second kappa shape index (κ2) is 11.6. The molecular formula is C29H34FN3O4. The zero-order chi connectivity index (χ0) is 26.5. The van der Waals surface area contributed by atoms with Crippen LogP contribution in [0.2, 0.25) is 0 Å². The third kappa shape index (κ3) is 6.02. The van der Waals surface area contributed by atoms with Crippen LogP contribution >= 0.6 is 0 Å². The Hall–Kier alpha value is -3.65. The van der Waals surface area contributed by atoms with Gasteiger partial charge in [0.15, 0.2) is 11.6 Å². The average Bonchev–Trinajstić information content (AvgIpc) is 3.43. The number of nitrogens with one attached hydrogen (secondary N) is 1. The second-order valence-electron chi connectivity index (χ2n) is 9.78. The van der Waals surface area contributed by atoms with Crippen molar-refractivity contribution in [2.45, 2.75) is 45.9 Å². The highest BCUT2D eigenvalue weighted by molar-refractivity contribution is 5.89. The zero-order valence-electron chi connectivity index (χ0n) is 21.7. The van der Waals surface area contributed by atoms with Crippen LogP contribution in [0.4, 0.5) is 4.39 Å². The zero-order valence-corrected chi connectivity index (χ0v) is 21.7. The van der Waals surface area contributed by atoms with Crippen molar-refractivity contribution in [2.75, 3.05) is 20.2 Å². The quantitative estimate of drug-likeness (QED) is 0.487. The molecule has 8 heteroatoms. The van der Waals surface area contributed by atoms with Crippen LogP contribution < -0.4 is 10.1 Å². The molecule has 4 rings (SSSR count). The van der Waals surface area contributed by atoms with Crippen LogP contribution in [0.1, 0.15) is 31.9 Å². The van der Waals surface area contributed by atoms with Gasteiger partial charge in [-0.05, 0) is 30.7 Å². The summed E-state index contributed by atoms with van der Waals surface area (Å²) in [7, 11) is 1.44. The molecule has 2 unspecified atom stereocenters. The molecule has 2 aromatic carbocycles. The van der Waals surface area contributed by atoms with Gasteiger partial charge in [0.25, 0.3) is 0 Å². The van der Waals surface area contributed by atoms with Crippen molar-refractivity contribution in [1.29, 1.82) is 0 Å². The highest BCUT2D eigenvalue weighted by Gasteiger charge is 2.40. The second-order valence-corrected chi connectivity index (χ2v) is 9.78. The summed E-state index contributed by atoms with van der Waals surface area (Å²) >= 11 is 0. The normalized spacial score (nSPS) is 18.2. The number of carbonyl (C=O) groups excluding carboxylic acids is 2. The van der Waals surface area contributed by atoms with Crippen LogP contribution in [0.15, 0.2) is 65.3 Å². The molecular weight excluding hydrogens is 473 g/mol. The summed E-state index contributed by atoms with van der Waals surface area (Å²) in [5, 5.41) is 3.00. The number of halogens is 1. The van der Waals surface area contributed by atoms with Crippen LogP contribution in [0.3, 0.4) is 0 Å². The van der Waals surface area contributed by atoms with E-state index < -0.39 is 11.9 Å². The highest BCUT2D eigenvalue weighted by atomic mass is 19.1. The van der Waals surface area contributed by atoms with Crippen LogP contribution in [-0.4, -0.2) is 53.9 Å². The molecule has 2 atom stereocenters. The van der Waals surface area contributed by atoms with Crippen molar-refractivity contribution >= 4 is 11.8 Å². The highest BCUT2D eigenvalue weighted by Crippen LogP contribution is 2.25. The number of hydrogen-bond donors (Lipinski definition) is 1. The van der Waals surface area contributed by atoms with Crippen molar-refractivity contribution in [3.05, 3.63) is 77.8 Å². The molecule has 0 spiro atoms. The molecule has 2 amide bonds. The number of piperazine rings is 1. The number of furan rings is 1. The lowest BCUT2D eigenvalue weighted by atomic mass is 10.0. The van der Waals surface area contributed by atoms with E-state index >= 15 is 0 Å². The fourth-order valence-corrected chi connectivity index (χ4v) is 4.80. The molecule has 0 bridgehead atoms. The first-order valence-corrected chi connectivity index (χ1v) is 12.5. The number of benzene rings is 2. The third-order valence-corrected chi connectivity index (χ3v) is 6.70. The fraction of sp³-hybridized carbons (Fsp3) is 0.379. The van der Waals surface area contributed by atoms with Gasteiger partial charge in [-0.15, -0.1) is 0 Å². The lowest BCUT2D eigenvalue weighted by Gasteiger charge is -2.45. The number of hydrogen-bond acceptors (Lipinski definition) is 5. The van der Waals surface area contributed by atoms with Gasteiger partial charge < -0.3 is 19.4 Å². The summed E-state index contributed by atoms with van der Waals surface area (Å²) in [4.78, 5) is 30.2. The van der Waals surface area contributed by atoms with Crippen LogP contribution in [0, 0.1) is 11.7 Å². The molecule has 1 aliphatic rings. The van der Waals surface area contributed by atoms with E-state index in [1.165, 1.54) is 7.11 Å². The molecule has 196 valence electrons. The summed E-state index contributed by atoms with van der Waals surface area (Å²) in [5.41, 5.74) is 2.38.